The van der Waals surface area contributed by atoms with Crippen molar-refractivity contribution in [3.8, 4) is 0 Å². The fourth-order valence-corrected chi connectivity index (χ4v) is 1.25. The number of rotatable bonds is 8. The van der Waals surface area contributed by atoms with Gasteiger partial charge in [-0.2, -0.15) is 0 Å². The van der Waals surface area contributed by atoms with E-state index < -0.39 is 0 Å². The zero-order valence-electron chi connectivity index (χ0n) is 10.1. The number of hydrogen-bond acceptors (Lipinski definition) is 2. The zero-order chi connectivity index (χ0) is 10.8. The van der Waals surface area contributed by atoms with E-state index in [0.29, 0.717) is 5.92 Å². The maximum atomic E-state index is 4.98. The highest BCUT2D eigenvalue weighted by atomic mass is 16.5. The molecule has 0 saturated heterocycles. The van der Waals surface area contributed by atoms with E-state index in [0.717, 1.165) is 26.1 Å². The van der Waals surface area contributed by atoms with Crippen LogP contribution in [0, 0.1) is 5.92 Å². The van der Waals surface area contributed by atoms with Crippen LogP contribution in [0.3, 0.4) is 0 Å². The molecule has 0 aromatic carbocycles. The van der Waals surface area contributed by atoms with E-state index in [-0.39, 0.29) is 0 Å². The van der Waals surface area contributed by atoms with Crippen molar-refractivity contribution in [2.75, 3.05) is 26.8 Å². The van der Waals surface area contributed by atoms with E-state index in [1.807, 2.05) is 0 Å². The quantitative estimate of drug-likeness (QED) is 0.479. The predicted octanol–water partition coefficient (Wildman–Crippen LogP) is 2.60. The molecule has 0 aliphatic rings. The summed E-state index contributed by atoms with van der Waals surface area (Å²) < 4.78 is 4.98. The Morgan fingerprint density at radius 1 is 1.43 bits per heavy atom. The minimum absolute atomic E-state index is 0.703. The molecular formula is C12H25NO. The van der Waals surface area contributed by atoms with Gasteiger partial charge in [-0.25, -0.2) is 0 Å². The van der Waals surface area contributed by atoms with Crippen LogP contribution in [-0.4, -0.2) is 26.8 Å². The van der Waals surface area contributed by atoms with Gasteiger partial charge in [0.25, 0.3) is 0 Å². The van der Waals surface area contributed by atoms with Gasteiger partial charge in [0.2, 0.25) is 0 Å². The number of allylic oxidation sites excluding steroid dienone is 1. The number of ether oxygens (including phenoxy) is 1. The molecule has 0 saturated carbocycles. The first-order valence-electron chi connectivity index (χ1n) is 5.63. The Kier molecular flexibility index (Phi) is 9.00. The average molecular weight is 199 g/mol. The molecule has 0 aromatic rings. The Balaban J connectivity index is 3.72. The lowest BCUT2D eigenvalue weighted by molar-refractivity contribution is 0.200. The summed E-state index contributed by atoms with van der Waals surface area (Å²) in [6.45, 7) is 9.45. The summed E-state index contributed by atoms with van der Waals surface area (Å²) in [6, 6.07) is 0. The van der Waals surface area contributed by atoms with E-state index in [1.165, 1.54) is 12.0 Å². The van der Waals surface area contributed by atoms with E-state index in [4.69, 9.17) is 4.74 Å². The molecule has 0 aliphatic carbocycles. The van der Waals surface area contributed by atoms with Crippen molar-refractivity contribution in [3.05, 3.63) is 11.6 Å². The number of hydrogen-bond donors (Lipinski definition) is 1. The molecule has 2 nitrogen and oxygen atoms in total. The van der Waals surface area contributed by atoms with Crippen LogP contribution in [0.2, 0.25) is 0 Å². The molecule has 14 heavy (non-hydrogen) atoms. The first kappa shape index (κ1) is 13.7. The standard InChI is InChI=1S/C12H25NO/c1-5-11(3)9-12(6-2)10-13-7-8-14-4/h9,11,13H,5-8,10H2,1-4H3/b12-9-. The molecule has 84 valence electrons. The van der Waals surface area contributed by atoms with Gasteiger partial charge in [0, 0.05) is 20.2 Å². The third-order valence-electron chi connectivity index (χ3n) is 2.45. The summed E-state index contributed by atoms with van der Waals surface area (Å²) in [5.41, 5.74) is 1.51. The number of methoxy groups -OCH3 is 1. The minimum Gasteiger partial charge on any atom is -0.383 e. The molecule has 0 heterocycles. The molecule has 1 atom stereocenters. The lowest BCUT2D eigenvalue weighted by Gasteiger charge is -2.09. The Morgan fingerprint density at radius 2 is 2.14 bits per heavy atom. The van der Waals surface area contributed by atoms with Crippen LogP contribution in [0.4, 0.5) is 0 Å². The summed E-state index contributed by atoms with van der Waals surface area (Å²) in [5, 5.41) is 3.37. The third kappa shape index (κ3) is 7.10. The highest BCUT2D eigenvalue weighted by Crippen LogP contribution is 2.08. The molecule has 0 radical (unpaired) electrons. The van der Waals surface area contributed by atoms with Gasteiger partial charge >= 0.3 is 0 Å². The lowest BCUT2D eigenvalue weighted by atomic mass is 10.0. The molecule has 0 aromatic heterocycles. The third-order valence-corrected chi connectivity index (χ3v) is 2.45. The van der Waals surface area contributed by atoms with Gasteiger partial charge in [-0.1, -0.05) is 38.8 Å². The van der Waals surface area contributed by atoms with Gasteiger partial charge in [-0.3, -0.25) is 0 Å². The van der Waals surface area contributed by atoms with Crippen LogP contribution in [0.25, 0.3) is 0 Å². The highest BCUT2D eigenvalue weighted by Gasteiger charge is 1.98. The second-order valence-corrected chi connectivity index (χ2v) is 3.73. The average Bonchev–Trinajstić information content (AvgIpc) is 2.22. The van der Waals surface area contributed by atoms with Gasteiger partial charge in [0.1, 0.15) is 0 Å². The summed E-state index contributed by atoms with van der Waals surface area (Å²) in [5.74, 6) is 0.703. The van der Waals surface area contributed by atoms with Crippen molar-refractivity contribution < 1.29 is 4.74 Å². The van der Waals surface area contributed by atoms with Crippen LogP contribution < -0.4 is 5.32 Å². The van der Waals surface area contributed by atoms with Crippen molar-refractivity contribution in [1.29, 1.82) is 0 Å². The Hall–Kier alpha value is -0.340. The normalized spacial score (nSPS) is 14.4. The van der Waals surface area contributed by atoms with Crippen LogP contribution in [0.15, 0.2) is 11.6 Å². The Bertz CT molecular complexity index is 154. The van der Waals surface area contributed by atoms with E-state index >= 15 is 0 Å². The smallest absolute Gasteiger partial charge is 0.0587 e. The SMILES string of the molecule is CC/C(=C/C(C)CC)CNCCOC. The van der Waals surface area contributed by atoms with Gasteiger partial charge < -0.3 is 10.1 Å². The molecule has 1 unspecified atom stereocenters. The van der Waals surface area contributed by atoms with Gasteiger partial charge in [0.05, 0.1) is 6.61 Å². The van der Waals surface area contributed by atoms with E-state index in [2.05, 4.69) is 32.2 Å². The maximum Gasteiger partial charge on any atom is 0.0587 e. The molecule has 0 aliphatic heterocycles. The maximum absolute atomic E-state index is 4.98. The molecular weight excluding hydrogens is 174 g/mol. The fraction of sp³-hybridized carbons (Fsp3) is 0.833. The molecule has 0 bridgehead atoms. The molecule has 0 fully saturated rings. The Morgan fingerprint density at radius 3 is 2.64 bits per heavy atom. The van der Waals surface area contributed by atoms with Crippen molar-refractivity contribution in [1.82, 2.24) is 5.32 Å². The lowest BCUT2D eigenvalue weighted by Crippen LogP contribution is -2.21. The van der Waals surface area contributed by atoms with Crippen LogP contribution >= 0.6 is 0 Å². The second kappa shape index (κ2) is 9.22. The van der Waals surface area contributed by atoms with Gasteiger partial charge in [-0.05, 0) is 12.3 Å². The van der Waals surface area contributed by atoms with Crippen LogP contribution in [-0.2, 0) is 4.74 Å². The predicted molar refractivity (Wildman–Crippen MR) is 62.6 cm³/mol. The monoisotopic (exact) mass is 199 g/mol. The molecule has 0 spiro atoms. The van der Waals surface area contributed by atoms with Crippen LogP contribution in [0.1, 0.15) is 33.6 Å². The molecule has 0 amide bonds. The molecule has 0 rings (SSSR count). The van der Waals surface area contributed by atoms with E-state index in [9.17, 15) is 0 Å². The highest BCUT2D eigenvalue weighted by molar-refractivity contribution is 5.05. The first-order valence-corrected chi connectivity index (χ1v) is 5.63. The summed E-state index contributed by atoms with van der Waals surface area (Å²) >= 11 is 0. The first-order chi connectivity index (χ1) is 6.74. The largest absolute Gasteiger partial charge is 0.383 e. The van der Waals surface area contributed by atoms with Crippen molar-refractivity contribution in [2.45, 2.75) is 33.6 Å². The summed E-state index contributed by atoms with van der Waals surface area (Å²) in [7, 11) is 1.73. The second-order valence-electron chi connectivity index (χ2n) is 3.73. The zero-order valence-corrected chi connectivity index (χ0v) is 10.1. The summed E-state index contributed by atoms with van der Waals surface area (Å²) in [4.78, 5) is 0. The van der Waals surface area contributed by atoms with Gasteiger partial charge in [-0.15, -0.1) is 0 Å². The van der Waals surface area contributed by atoms with Gasteiger partial charge in [0.15, 0.2) is 0 Å². The van der Waals surface area contributed by atoms with Crippen molar-refractivity contribution >= 4 is 0 Å². The van der Waals surface area contributed by atoms with Crippen molar-refractivity contribution in [2.24, 2.45) is 5.92 Å². The van der Waals surface area contributed by atoms with Crippen LogP contribution in [0.5, 0.6) is 0 Å². The molecule has 1 N–H and O–H groups in total. The topological polar surface area (TPSA) is 21.3 Å². The van der Waals surface area contributed by atoms with Crippen molar-refractivity contribution in [3.63, 3.8) is 0 Å². The van der Waals surface area contributed by atoms with E-state index in [1.54, 1.807) is 7.11 Å². The Labute approximate surface area is 88.7 Å². The number of nitrogens with one attached hydrogen (secondary N) is 1. The summed E-state index contributed by atoms with van der Waals surface area (Å²) in [6.07, 6.45) is 4.76. The minimum atomic E-state index is 0.703. The molecule has 2 heteroatoms. The fourth-order valence-electron chi connectivity index (χ4n) is 1.25.